The van der Waals surface area contributed by atoms with Crippen LogP contribution >= 0.6 is 0 Å². The largest absolute Gasteiger partial charge is 0.416 e. The molecule has 200 valence electrons. The highest BCUT2D eigenvalue weighted by molar-refractivity contribution is 5.95. The van der Waals surface area contributed by atoms with Crippen molar-refractivity contribution in [2.45, 2.75) is 49.6 Å². The minimum absolute atomic E-state index is 0.0526. The van der Waals surface area contributed by atoms with Gasteiger partial charge in [0.05, 0.1) is 11.1 Å². The van der Waals surface area contributed by atoms with E-state index in [1.165, 1.54) is 17.7 Å². The number of carbonyl (C=O) groups is 1. The summed E-state index contributed by atoms with van der Waals surface area (Å²) in [6.07, 6.45) is -6.91. The van der Waals surface area contributed by atoms with Gasteiger partial charge in [-0.15, -0.1) is 0 Å². The summed E-state index contributed by atoms with van der Waals surface area (Å²) in [5, 5.41) is 0. The first-order valence-corrected chi connectivity index (χ1v) is 12.6. The van der Waals surface area contributed by atoms with Gasteiger partial charge in [-0.05, 0) is 43.0 Å². The topological polar surface area (TPSA) is 26.8 Å². The molecule has 2 aromatic rings. The first-order valence-electron chi connectivity index (χ1n) is 12.6. The monoisotopic (exact) mass is 525 g/mol. The number of carbonyl (C=O) groups excluding carboxylic acids is 1. The van der Waals surface area contributed by atoms with E-state index in [4.69, 9.17) is 0 Å². The summed E-state index contributed by atoms with van der Waals surface area (Å²) in [4.78, 5) is 19.7. The molecule has 2 aromatic carbocycles. The van der Waals surface area contributed by atoms with Crippen LogP contribution in [-0.2, 0) is 12.4 Å². The maximum atomic E-state index is 13.4. The fourth-order valence-corrected chi connectivity index (χ4v) is 5.72. The van der Waals surface area contributed by atoms with Gasteiger partial charge in [0, 0.05) is 62.8 Å². The molecule has 0 spiro atoms. The van der Waals surface area contributed by atoms with Gasteiger partial charge in [-0.1, -0.05) is 30.3 Å². The maximum absolute atomic E-state index is 13.4. The highest BCUT2D eigenvalue weighted by atomic mass is 19.4. The maximum Gasteiger partial charge on any atom is 0.416 e. The minimum Gasteiger partial charge on any atom is -0.338 e. The highest BCUT2D eigenvalue weighted by Crippen LogP contribution is 2.38. The molecule has 1 aliphatic carbocycles. The lowest BCUT2D eigenvalue weighted by atomic mass is 9.84. The molecule has 1 saturated carbocycles. The van der Waals surface area contributed by atoms with Crippen LogP contribution in [0, 0.1) is 0 Å². The van der Waals surface area contributed by atoms with E-state index in [2.05, 4.69) is 9.80 Å². The van der Waals surface area contributed by atoms with Crippen LogP contribution in [0.15, 0.2) is 48.5 Å². The Balaban J connectivity index is 1.39. The number of hydrogen-bond acceptors (Lipinski definition) is 3. The van der Waals surface area contributed by atoms with Crippen molar-refractivity contribution in [1.82, 2.24) is 14.7 Å². The molecule has 2 atom stereocenters. The molecule has 2 aliphatic heterocycles. The number of benzene rings is 2. The predicted molar refractivity (Wildman–Crippen MR) is 126 cm³/mol. The Morgan fingerprint density at radius 1 is 0.730 bits per heavy atom. The lowest BCUT2D eigenvalue weighted by Gasteiger charge is -2.47. The Labute approximate surface area is 211 Å². The number of amides is 1. The fourth-order valence-electron chi connectivity index (χ4n) is 5.72. The number of halogens is 6. The van der Waals surface area contributed by atoms with Crippen molar-refractivity contribution in [3.63, 3.8) is 0 Å². The summed E-state index contributed by atoms with van der Waals surface area (Å²) < 4.78 is 80.2. The molecule has 3 aliphatic rings. The summed E-state index contributed by atoms with van der Waals surface area (Å²) in [6.45, 7) is 4.27. The van der Waals surface area contributed by atoms with E-state index in [9.17, 15) is 31.1 Å². The highest BCUT2D eigenvalue weighted by Gasteiger charge is 2.41. The zero-order chi connectivity index (χ0) is 26.4. The second-order valence-electron chi connectivity index (χ2n) is 10.2. The van der Waals surface area contributed by atoms with Gasteiger partial charge in [-0.2, -0.15) is 26.3 Å². The van der Waals surface area contributed by atoms with E-state index < -0.39 is 35.0 Å². The third-order valence-electron chi connectivity index (χ3n) is 7.81. The molecule has 4 nitrogen and oxygen atoms in total. The number of likely N-dealkylation sites (tertiary alicyclic amines) is 1. The Morgan fingerprint density at radius 3 is 1.84 bits per heavy atom. The number of piperidine rings is 1. The molecule has 2 saturated heterocycles. The van der Waals surface area contributed by atoms with Gasteiger partial charge in [0.2, 0.25) is 0 Å². The van der Waals surface area contributed by atoms with Crippen molar-refractivity contribution in [2.75, 3.05) is 39.3 Å². The van der Waals surface area contributed by atoms with E-state index in [1.807, 2.05) is 30.3 Å². The SMILES string of the molecule is O=C(c1cc(C(F)(F)F)cc(C(F)(F)F)c1)N1CC[C@@H](N2CCN(C3CC3)CC2)[C@@H](c2ccccc2)C1. The molecule has 5 rings (SSSR count). The zero-order valence-corrected chi connectivity index (χ0v) is 20.2. The van der Waals surface area contributed by atoms with E-state index >= 15 is 0 Å². The Kier molecular flexibility index (Phi) is 7.00. The van der Waals surface area contributed by atoms with E-state index in [1.54, 1.807) is 0 Å². The van der Waals surface area contributed by atoms with Crippen LogP contribution in [0.1, 0.15) is 52.2 Å². The van der Waals surface area contributed by atoms with Crippen molar-refractivity contribution in [3.05, 3.63) is 70.8 Å². The molecular weight excluding hydrogens is 496 g/mol. The Morgan fingerprint density at radius 2 is 1.30 bits per heavy atom. The Bertz CT molecular complexity index is 1080. The third kappa shape index (κ3) is 5.80. The second kappa shape index (κ2) is 9.94. The van der Waals surface area contributed by atoms with Crippen molar-refractivity contribution in [3.8, 4) is 0 Å². The lowest BCUT2D eigenvalue weighted by molar-refractivity contribution is -0.143. The van der Waals surface area contributed by atoms with E-state index in [0.717, 1.165) is 31.7 Å². The summed E-state index contributed by atoms with van der Waals surface area (Å²) in [7, 11) is 0. The summed E-state index contributed by atoms with van der Waals surface area (Å²) in [5.74, 6) is -0.909. The second-order valence-corrected chi connectivity index (χ2v) is 10.2. The molecule has 1 amide bonds. The van der Waals surface area contributed by atoms with Gasteiger partial charge in [0.1, 0.15) is 0 Å². The predicted octanol–water partition coefficient (Wildman–Crippen LogP) is 5.50. The third-order valence-corrected chi connectivity index (χ3v) is 7.81. The summed E-state index contributed by atoms with van der Waals surface area (Å²) in [5.41, 5.74) is -2.54. The molecule has 10 heteroatoms. The van der Waals surface area contributed by atoms with Gasteiger partial charge >= 0.3 is 12.4 Å². The van der Waals surface area contributed by atoms with Crippen LogP contribution in [0.25, 0.3) is 0 Å². The van der Waals surface area contributed by atoms with Gasteiger partial charge in [-0.25, -0.2) is 0 Å². The van der Waals surface area contributed by atoms with Gasteiger partial charge in [0.15, 0.2) is 0 Å². The quantitative estimate of drug-likeness (QED) is 0.493. The molecule has 0 unspecified atom stereocenters. The van der Waals surface area contributed by atoms with Crippen LogP contribution in [0.4, 0.5) is 26.3 Å². The van der Waals surface area contributed by atoms with Crippen LogP contribution < -0.4 is 0 Å². The van der Waals surface area contributed by atoms with Crippen molar-refractivity contribution in [2.24, 2.45) is 0 Å². The number of rotatable bonds is 4. The molecule has 3 fully saturated rings. The fraction of sp³-hybridized carbons (Fsp3) is 0.519. The van der Waals surface area contributed by atoms with E-state index in [0.29, 0.717) is 24.6 Å². The molecule has 0 bridgehead atoms. The van der Waals surface area contributed by atoms with Crippen molar-refractivity contribution >= 4 is 5.91 Å². The Hall–Kier alpha value is -2.59. The van der Waals surface area contributed by atoms with E-state index in [-0.39, 0.29) is 31.1 Å². The first-order chi connectivity index (χ1) is 17.5. The smallest absolute Gasteiger partial charge is 0.338 e. The summed E-state index contributed by atoms with van der Waals surface area (Å²) >= 11 is 0. The average Bonchev–Trinajstić information content (AvgIpc) is 3.73. The van der Waals surface area contributed by atoms with Crippen LogP contribution in [-0.4, -0.2) is 72.0 Å². The van der Waals surface area contributed by atoms with Gasteiger partial charge in [-0.3, -0.25) is 14.6 Å². The average molecular weight is 526 g/mol. The molecule has 0 radical (unpaired) electrons. The van der Waals surface area contributed by atoms with Crippen LogP contribution in [0.3, 0.4) is 0 Å². The van der Waals surface area contributed by atoms with Crippen LogP contribution in [0.5, 0.6) is 0 Å². The number of piperazine rings is 1. The number of alkyl halides is 6. The minimum atomic E-state index is -5.00. The molecule has 2 heterocycles. The number of hydrogen-bond donors (Lipinski definition) is 0. The summed E-state index contributed by atoms with van der Waals surface area (Å²) in [6, 6.07) is 11.6. The van der Waals surface area contributed by atoms with Crippen molar-refractivity contribution < 1.29 is 31.1 Å². The standard InChI is InChI=1S/C27H29F6N3O/c28-26(29,30)20-14-19(15-21(16-20)27(31,32)33)25(37)36-9-8-24(23(17-36)18-4-2-1-3-5-18)35-12-10-34(11-13-35)22-6-7-22/h1-5,14-16,22-24H,6-13,17H2/t23-,24-/m1/s1. The van der Waals surface area contributed by atoms with Gasteiger partial charge < -0.3 is 4.90 Å². The van der Waals surface area contributed by atoms with Crippen molar-refractivity contribution in [1.29, 1.82) is 0 Å². The zero-order valence-electron chi connectivity index (χ0n) is 20.2. The van der Waals surface area contributed by atoms with Gasteiger partial charge in [0.25, 0.3) is 5.91 Å². The normalized spacial score (nSPS) is 24.3. The molecule has 0 N–H and O–H groups in total. The molecule has 37 heavy (non-hydrogen) atoms. The molecule has 0 aromatic heterocycles. The first kappa shape index (κ1) is 26.0. The van der Waals surface area contributed by atoms with Crippen LogP contribution in [0.2, 0.25) is 0 Å². The number of nitrogens with zero attached hydrogens (tertiary/aromatic N) is 3. The lowest BCUT2D eigenvalue weighted by Crippen LogP contribution is -2.56. The molecular formula is C27H29F6N3O.